The van der Waals surface area contributed by atoms with E-state index in [9.17, 15) is 14.0 Å². The Balaban J connectivity index is 1.44. The maximum Gasteiger partial charge on any atom is 0.255 e. The van der Waals surface area contributed by atoms with E-state index in [4.69, 9.17) is 0 Å². The SMILES string of the molecule is C[C@@](Cc1c[nH]c2ccccc12)(NC(=O)c1ccccc1F)C(=O)NCC1(c2ccccn2)CCCCC1. The molecule has 4 aromatic rings. The first-order valence-corrected chi connectivity index (χ1v) is 13.2. The lowest BCUT2D eigenvalue weighted by Gasteiger charge is -2.38. The van der Waals surface area contributed by atoms with E-state index in [2.05, 4.69) is 20.6 Å². The van der Waals surface area contributed by atoms with Crippen molar-refractivity contribution in [2.75, 3.05) is 6.54 Å². The van der Waals surface area contributed by atoms with Crippen molar-refractivity contribution in [3.05, 3.63) is 102 Å². The van der Waals surface area contributed by atoms with E-state index in [1.807, 2.05) is 48.7 Å². The van der Waals surface area contributed by atoms with Gasteiger partial charge >= 0.3 is 0 Å². The minimum atomic E-state index is -1.33. The number of nitrogens with zero attached hydrogens (tertiary/aromatic N) is 1. The molecule has 6 nitrogen and oxygen atoms in total. The third kappa shape index (κ3) is 5.19. The molecule has 1 saturated carbocycles. The Kier molecular flexibility index (Phi) is 7.27. The number of rotatable bonds is 8. The summed E-state index contributed by atoms with van der Waals surface area (Å²) in [5, 5.41) is 7.02. The molecule has 5 rings (SSSR count). The van der Waals surface area contributed by atoms with Crippen molar-refractivity contribution >= 4 is 22.7 Å². The normalized spacial score (nSPS) is 16.5. The maximum absolute atomic E-state index is 14.5. The molecule has 0 bridgehead atoms. The first kappa shape index (κ1) is 25.6. The van der Waals surface area contributed by atoms with E-state index in [1.54, 1.807) is 19.2 Å². The fraction of sp³-hybridized carbons (Fsp3) is 0.323. The molecule has 2 amide bonds. The monoisotopic (exact) mass is 512 g/mol. The largest absolute Gasteiger partial charge is 0.361 e. The first-order chi connectivity index (χ1) is 18.4. The summed E-state index contributed by atoms with van der Waals surface area (Å²) in [4.78, 5) is 35.0. The average Bonchev–Trinajstić information content (AvgIpc) is 3.35. The quantitative estimate of drug-likeness (QED) is 0.293. The lowest BCUT2D eigenvalue weighted by atomic mass is 9.71. The van der Waals surface area contributed by atoms with Crippen molar-refractivity contribution in [3.8, 4) is 0 Å². The highest BCUT2D eigenvalue weighted by molar-refractivity contribution is 5.99. The van der Waals surface area contributed by atoms with E-state index < -0.39 is 17.3 Å². The number of fused-ring (bicyclic) bond motifs is 1. The molecule has 0 radical (unpaired) electrons. The standard InChI is InChI=1S/C31H33FN4O2/c1-30(36-28(37)24-12-3-5-13-25(24)32,19-22-20-34-26-14-6-4-11-23(22)26)29(38)35-21-31(16-8-2-9-17-31)27-15-7-10-18-33-27/h3-7,10-15,18,20,34H,2,8-9,16-17,19,21H2,1H3,(H,35,38)(H,36,37)/t30-/m0/s1. The van der Waals surface area contributed by atoms with Gasteiger partial charge < -0.3 is 15.6 Å². The van der Waals surface area contributed by atoms with Gasteiger partial charge in [-0.2, -0.15) is 0 Å². The predicted octanol–water partition coefficient (Wildman–Crippen LogP) is 5.45. The summed E-state index contributed by atoms with van der Waals surface area (Å²) in [5.41, 5.74) is 1.14. The molecule has 3 N–H and O–H groups in total. The number of H-pyrrole nitrogens is 1. The highest BCUT2D eigenvalue weighted by atomic mass is 19.1. The van der Waals surface area contributed by atoms with Crippen LogP contribution in [0.15, 0.2) is 79.1 Å². The van der Waals surface area contributed by atoms with Crippen LogP contribution in [0.25, 0.3) is 10.9 Å². The molecule has 1 aliphatic rings. The van der Waals surface area contributed by atoms with Crippen molar-refractivity contribution in [1.29, 1.82) is 0 Å². The molecule has 0 spiro atoms. The van der Waals surface area contributed by atoms with Crippen LogP contribution < -0.4 is 10.6 Å². The van der Waals surface area contributed by atoms with Gasteiger partial charge in [0.05, 0.1) is 5.56 Å². The second-order valence-corrected chi connectivity index (χ2v) is 10.5. The first-order valence-electron chi connectivity index (χ1n) is 13.2. The molecule has 1 aliphatic carbocycles. The number of benzene rings is 2. The van der Waals surface area contributed by atoms with Gasteiger partial charge in [-0.3, -0.25) is 14.6 Å². The zero-order valence-corrected chi connectivity index (χ0v) is 21.6. The number of aromatic nitrogens is 2. The topological polar surface area (TPSA) is 86.9 Å². The van der Waals surface area contributed by atoms with E-state index in [0.717, 1.165) is 47.8 Å². The number of halogens is 1. The summed E-state index contributed by atoms with van der Waals surface area (Å²) in [6.07, 6.45) is 9.08. The van der Waals surface area contributed by atoms with Gasteiger partial charge in [-0.15, -0.1) is 0 Å². The molecule has 1 atom stereocenters. The van der Waals surface area contributed by atoms with Gasteiger partial charge in [-0.25, -0.2) is 4.39 Å². The second-order valence-electron chi connectivity index (χ2n) is 10.5. The van der Waals surface area contributed by atoms with E-state index in [0.29, 0.717) is 6.54 Å². The van der Waals surface area contributed by atoms with Gasteiger partial charge in [0.1, 0.15) is 11.4 Å². The van der Waals surface area contributed by atoms with Crippen molar-refractivity contribution in [2.45, 2.75) is 56.4 Å². The van der Waals surface area contributed by atoms with Crippen LogP contribution in [0.4, 0.5) is 4.39 Å². The zero-order chi connectivity index (χ0) is 26.6. The summed E-state index contributed by atoms with van der Waals surface area (Å²) < 4.78 is 14.5. The van der Waals surface area contributed by atoms with Gasteiger partial charge in [-0.1, -0.05) is 55.7 Å². The smallest absolute Gasteiger partial charge is 0.255 e. The molecule has 0 aliphatic heterocycles. The summed E-state index contributed by atoms with van der Waals surface area (Å²) in [6, 6.07) is 19.5. The summed E-state index contributed by atoms with van der Waals surface area (Å²) in [5.74, 6) is -1.57. The Morgan fingerprint density at radius 2 is 1.74 bits per heavy atom. The molecule has 7 heteroatoms. The molecular weight excluding hydrogens is 479 g/mol. The molecule has 0 unspecified atom stereocenters. The number of carbonyl (C=O) groups excluding carboxylic acids is 2. The van der Waals surface area contributed by atoms with Crippen molar-refractivity contribution in [3.63, 3.8) is 0 Å². The van der Waals surface area contributed by atoms with Gasteiger partial charge in [0.2, 0.25) is 5.91 Å². The molecule has 2 aromatic heterocycles. The average molecular weight is 513 g/mol. The number of pyridine rings is 1. The lowest BCUT2D eigenvalue weighted by molar-refractivity contribution is -0.127. The Morgan fingerprint density at radius 3 is 2.50 bits per heavy atom. The molecule has 1 fully saturated rings. The Morgan fingerprint density at radius 1 is 1.00 bits per heavy atom. The van der Waals surface area contributed by atoms with E-state index >= 15 is 0 Å². The van der Waals surface area contributed by atoms with Crippen molar-refractivity contribution < 1.29 is 14.0 Å². The lowest BCUT2D eigenvalue weighted by Crippen LogP contribution is -2.60. The van der Waals surface area contributed by atoms with Crippen LogP contribution >= 0.6 is 0 Å². The van der Waals surface area contributed by atoms with Crippen LogP contribution in [0.1, 0.15) is 60.6 Å². The van der Waals surface area contributed by atoms with Crippen molar-refractivity contribution in [2.24, 2.45) is 0 Å². The minimum Gasteiger partial charge on any atom is -0.361 e. The number of para-hydroxylation sites is 1. The van der Waals surface area contributed by atoms with E-state index in [1.165, 1.54) is 24.6 Å². The fourth-order valence-corrected chi connectivity index (χ4v) is 5.68. The molecule has 0 saturated heterocycles. The van der Waals surface area contributed by atoms with Crippen LogP contribution in [-0.2, 0) is 16.6 Å². The summed E-state index contributed by atoms with van der Waals surface area (Å²) in [6.45, 7) is 2.12. The molecular formula is C31H33FN4O2. The van der Waals surface area contributed by atoms with Gasteiger partial charge in [0, 0.05) is 47.4 Å². The number of amides is 2. The maximum atomic E-state index is 14.5. The third-order valence-electron chi connectivity index (χ3n) is 7.83. The number of hydrogen-bond acceptors (Lipinski definition) is 3. The highest BCUT2D eigenvalue weighted by Gasteiger charge is 2.40. The number of carbonyl (C=O) groups is 2. The fourth-order valence-electron chi connectivity index (χ4n) is 5.68. The van der Waals surface area contributed by atoms with E-state index in [-0.39, 0.29) is 23.3 Å². The van der Waals surface area contributed by atoms with Crippen LogP contribution in [0.3, 0.4) is 0 Å². The summed E-state index contributed by atoms with van der Waals surface area (Å²) >= 11 is 0. The predicted molar refractivity (Wildman–Crippen MR) is 146 cm³/mol. The van der Waals surface area contributed by atoms with Crippen LogP contribution in [0.5, 0.6) is 0 Å². The van der Waals surface area contributed by atoms with Gasteiger partial charge in [0.15, 0.2) is 0 Å². The van der Waals surface area contributed by atoms with Gasteiger partial charge in [0.25, 0.3) is 5.91 Å². The van der Waals surface area contributed by atoms with Crippen LogP contribution in [0.2, 0.25) is 0 Å². The number of aromatic amines is 1. The van der Waals surface area contributed by atoms with Crippen molar-refractivity contribution in [1.82, 2.24) is 20.6 Å². The number of hydrogen-bond donors (Lipinski definition) is 3. The molecule has 2 heterocycles. The molecule has 2 aromatic carbocycles. The zero-order valence-electron chi connectivity index (χ0n) is 21.6. The van der Waals surface area contributed by atoms with Crippen LogP contribution in [0, 0.1) is 5.82 Å². The second kappa shape index (κ2) is 10.8. The van der Waals surface area contributed by atoms with Gasteiger partial charge in [-0.05, 0) is 55.7 Å². The van der Waals surface area contributed by atoms with Crippen LogP contribution in [-0.4, -0.2) is 33.9 Å². The Bertz CT molecular complexity index is 1430. The highest BCUT2D eigenvalue weighted by Crippen LogP contribution is 2.38. The molecule has 196 valence electrons. The Labute approximate surface area is 222 Å². The Hall–Kier alpha value is -4.00. The summed E-state index contributed by atoms with van der Waals surface area (Å²) in [7, 11) is 0. The number of nitrogens with one attached hydrogen (secondary N) is 3. The molecule has 38 heavy (non-hydrogen) atoms. The third-order valence-corrected chi connectivity index (χ3v) is 7.83. The minimum absolute atomic E-state index is 0.0947.